The summed E-state index contributed by atoms with van der Waals surface area (Å²) in [7, 11) is -3.62. The van der Waals surface area contributed by atoms with Gasteiger partial charge in [-0.05, 0) is 55.9 Å². The summed E-state index contributed by atoms with van der Waals surface area (Å²) in [5, 5.41) is 3.00. The fourth-order valence-corrected chi connectivity index (χ4v) is 6.19. The van der Waals surface area contributed by atoms with Crippen molar-refractivity contribution in [3.63, 3.8) is 0 Å². The zero-order valence-corrected chi connectivity index (χ0v) is 19.7. The van der Waals surface area contributed by atoms with Crippen LogP contribution < -0.4 is 10.2 Å². The van der Waals surface area contributed by atoms with E-state index < -0.39 is 15.8 Å². The van der Waals surface area contributed by atoms with Crippen molar-refractivity contribution in [1.29, 1.82) is 0 Å². The molecule has 6 nitrogen and oxygen atoms in total. The fraction of sp³-hybridized carbons (Fsp3) is 0.480. The van der Waals surface area contributed by atoms with Crippen molar-refractivity contribution in [2.75, 3.05) is 31.1 Å². The van der Waals surface area contributed by atoms with Gasteiger partial charge in [-0.25, -0.2) is 17.1 Å². The number of amides is 1. The van der Waals surface area contributed by atoms with Crippen LogP contribution >= 0.6 is 0 Å². The number of carbonyl (C=O) groups is 1. The zero-order valence-electron chi connectivity index (χ0n) is 18.9. The third-order valence-corrected chi connectivity index (χ3v) is 8.47. The van der Waals surface area contributed by atoms with E-state index in [9.17, 15) is 17.6 Å². The van der Waals surface area contributed by atoms with Gasteiger partial charge < -0.3 is 10.2 Å². The summed E-state index contributed by atoms with van der Waals surface area (Å²) in [4.78, 5) is 15.0. The molecule has 2 aromatic carbocycles. The van der Waals surface area contributed by atoms with Crippen LogP contribution in [-0.2, 0) is 27.1 Å². The highest BCUT2D eigenvalue weighted by molar-refractivity contribution is 7.88. The van der Waals surface area contributed by atoms with Gasteiger partial charge in [-0.2, -0.15) is 0 Å². The number of carbonyl (C=O) groups excluding carboxylic acids is 1. The molecule has 0 spiro atoms. The Morgan fingerprint density at radius 3 is 2.27 bits per heavy atom. The summed E-state index contributed by atoms with van der Waals surface area (Å²) >= 11 is 0. The van der Waals surface area contributed by atoms with Crippen LogP contribution in [-0.4, -0.2) is 44.8 Å². The van der Waals surface area contributed by atoms with Crippen LogP contribution in [0.4, 0.5) is 10.1 Å². The molecule has 1 N–H and O–H groups in total. The van der Waals surface area contributed by atoms with E-state index in [4.69, 9.17) is 0 Å². The van der Waals surface area contributed by atoms with Gasteiger partial charge >= 0.3 is 0 Å². The highest BCUT2D eigenvalue weighted by Crippen LogP contribution is 2.23. The largest absolute Gasteiger partial charge is 0.372 e. The standard InChI is InChI=1S/C25H32FN3O3S/c26-24-7-3-2-6-22(24)19-33(31,32)29-16-12-21(13-17-29)25(30)27-18-20-8-10-23(11-9-20)28-14-4-1-5-15-28/h2-3,6-11,21H,1,4-5,12-19H2,(H,27,30). The van der Waals surface area contributed by atoms with Crippen molar-refractivity contribution in [2.45, 2.75) is 44.4 Å². The number of nitrogens with zero attached hydrogens (tertiary/aromatic N) is 2. The highest BCUT2D eigenvalue weighted by atomic mass is 32.2. The van der Waals surface area contributed by atoms with E-state index >= 15 is 0 Å². The summed E-state index contributed by atoms with van der Waals surface area (Å²) in [5.74, 6) is -1.12. The second kappa shape index (κ2) is 10.7. The van der Waals surface area contributed by atoms with Crippen molar-refractivity contribution in [2.24, 2.45) is 5.92 Å². The molecule has 0 aliphatic carbocycles. The van der Waals surface area contributed by atoms with Gasteiger partial charge in [-0.1, -0.05) is 30.3 Å². The van der Waals surface area contributed by atoms with E-state index in [1.165, 1.54) is 41.4 Å². The van der Waals surface area contributed by atoms with Gasteiger partial charge in [0.15, 0.2) is 0 Å². The van der Waals surface area contributed by atoms with Crippen LogP contribution in [0.3, 0.4) is 0 Å². The average Bonchev–Trinajstić information content (AvgIpc) is 2.85. The van der Waals surface area contributed by atoms with Crippen molar-refractivity contribution < 1.29 is 17.6 Å². The molecule has 2 saturated heterocycles. The van der Waals surface area contributed by atoms with Crippen molar-refractivity contribution in [3.8, 4) is 0 Å². The quantitative estimate of drug-likeness (QED) is 0.666. The molecule has 2 aliphatic rings. The summed E-state index contributed by atoms with van der Waals surface area (Å²) < 4.78 is 40.6. The first kappa shape index (κ1) is 23.7. The minimum atomic E-state index is -3.62. The molecule has 2 fully saturated rings. The monoisotopic (exact) mass is 473 g/mol. The lowest BCUT2D eigenvalue weighted by Gasteiger charge is -2.30. The molecular weight excluding hydrogens is 441 g/mol. The predicted octanol–water partition coefficient (Wildman–Crippen LogP) is 3.67. The number of sulfonamides is 1. The normalized spacial score (nSPS) is 18.3. The highest BCUT2D eigenvalue weighted by Gasteiger charge is 2.31. The molecule has 0 atom stereocenters. The van der Waals surface area contributed by atoms with Gasteiger partial charge in [0.05, 0.1) is 5.75 Å². The first-order valence-corrected chi connectivity index (χ1v) is 13.4. The van der Waals surface area contributed by atoms with E-state index in [1.807, 2.05) is 0 Å². The first-order chi connectivity index (χ1) is 15.9. The van der Waals surface area contributed by atoms with Crippen LogP contribution in [0.15, 0.2) is 48.5 Å². The van der Waals surface area contributed by atoms with Gasteiger partial charge in [-0.3, -0.25) is 4.79 Å². The molecule has 178 valence electrons. The number of nitrogens with one attached hydrogen (secondary N) is 1. The van der Waals surface area contributed by atoms with Crippen molar-refractivity contribution >= 4 is 21.6 Å². The molecule has 2 aliphatic heterocycles. The second-order valence-electron chi connectivity index (χ2n) is 8.95. The summed E-state index contributed by atoms with van der Waals surface area (Å²) in [6, 6.07) is 14.3. The second-order valence-corrected chi connectivity index (χ2v) is 10.9. The minimum absolute atomic E-state index is 0.0405. The molecule has 4 rings (SSSR count). The molecule has 0 bridgehead atoms. The smallest absolute Gasteiger partial charge is 0.223 e. The van der Waals surface area contributed by atoms with Crippen molar-refractivity contribution in [1.82, 2.24) is 9.62 Å². The Hall–Kier alpha value is -2.45. The lowest BCUT2D eigenvalue weighted by Crippen LogP contribution is -2.43. The molecule has 0 aromatic heterocycles. The van der Waals surface area contributed by atoms with Gasteiger partial charge in [-0.15, -0.1) is 0 Å². The van der Waals surface area contributed by atoms with Crippen LogP contribution in [0.25, 0.3) is 0 Å². The topological polar surface area (TPSA) is 69.7 Å². The first-order valence-electron chi connectivity index (χ1n) is 11.8. The number of anilines is 1. The molecular formula is C25H32FN3O3S. The summed E-state index contributed by atoms with van der Waals surface area (Å²) in [5.41, 5.74) is 2.45. The molecule has 2 heterocycles. The maximum atomic E-state index is 13.9. The maximum Gasteiger partial charge on any atom is 0.223 e. The number of hydrogen-bond donors (Lipinski definition) is 1. The Bertz CT molecular complexity index is 1040. The Balaban J connectivity index is 1.24. The molecule has 2 aromatic rings. The van der Waals surface area contributed by atoms with E-state index in [1.54, 1.807) is 12.1 Å². The van der Waals surface area contributed by atoms with Crippen molar-refractivity contribution in [3.05, 3.63) is 65.5 Å². The third-order valence-electron chi connectivity index (χ3n) is 6.64. The predicted molar refractivity (Wildman–Crippen MR) is 128 cm³/mol. The van der Waals surface area contributed by atoms with Gasteiger partial charge in [0.2, 0.25) is 15.9 Å². The Morgan fingerprint density at radius 2 is 1.61 bits per heavy atom. The third kappa shape index (κ3) is 6.12. The van der Waals surface area contributed by atoms with E-state index in [0.717, 1.165) is 18.7 Å². The van der Waals surface area contributed by atoms with E-state index in [-0.39, 0.29) is 36.2 Å². The number of rotatable bonds is 7. The molecule has 0 saturated carbocycles. The number of halogens is 1. The average molecular weight is 474 g/mol. The number of benzene rings is 2. The molecule has 1 amide bonds. The number of hydrogen-bond acceptors (Lipinski definition) is 4. The Morgan fingerprint density at radius 1 is 0.939 bits per heavy atom. The summed E-state index contributed by atoms with van der Waals surface area (Å²) in [6.07, 6.45) is 4.71. The molecule has 0 radical (unpaired) electrons. The van der Waals surface area contributed by atoms with Crippen LogP contribution in [0.2, 0.25) is 0 Å². The summed E-state index contributed by atoms with van der Waals surface area (Å²) in [6.45, 7) is 3.22. The molecule has 8 heteroatoms. The lowest BCUT2D eigenvalue weighted by molar-refractivity contribution is -0.126. The van der Waals surface area contributed by atoms with E-state index in [2.05, 4.69) is 34.5 Å². The van der Waals surface area contributed by atoms with Gasteiger partial charge in [0, 0.05) is 49.9 Å². The van der Waals surface area contributed by atoms with Gasteiger partial charge in [0.1, 0.15) is 5.82 Å². The van der Waals surface area contributed by atoms with Gasteiger partial charge in [0.25, 0.3) is 0 Å². The lowest BCUT2D eigenvalue weighted by atomic mass is 9.97. The van der Waals surface area contributed by atoms with E-state index in [0.29, 0.717) is 19.4 Å². The van der Waals surface area contributed by atoms with Crippen LogP contribution in [0, 0.1) is 11.7 Å². The minimum Gasteiger partial charge on any atom is -0.372 e. The Labute approximate surface area is 195 Å². The maximum absolute atomic E-state index is 13.9. The fourth-order valence-electron chi connectivity index (χ4n) is 4.61. The Kier molecular flexibility index (Phi) is 7.65. The zero-order chi connectivity index (χ0) is 23.3. The molecule has 0 unspecified atom stereocenters. The number of piperidine rings is 2. The molecule has 33 heavy (non-hydrogen) atoms. The van der Waals surface area contributed by atoms with Crippen LogP contribution in [0.5, 0.6) is 0 Å². The van der Waals surface area contributed by atoms with Crippen LogP contribution in [0.1, 0.15) is 43.2 Å². The SMILES string of the molecule is O=C(NCc1ccc(N2CCCCC2)cc1)C1CCN(S(=O)(=O)Cc2ccccc2F)CC1.